The molecule has 0 atom stereocenters. The molecule has 1 aromatic heterocycles. The zero-order valence-electron chi connectivity index (χ0n) is 10.7. The molecule has 1 heterocycles. The van der Waals surface area contributed by atoms with Gasteiger partial charge in [-0.3, -0.25) is 4.98 Å². The van der Waals surface area contributed by atoms with E-state index in [1.54, 1.807) is 12.1 Å². The van der Waals surface area contributed by atoms with Crippen molar-refractivity contribution in [3.8, 4) is 0 Å². The summed E-state index contributed by atoms with van der Waals surface area (Å²) < 4.78 is 24.8. The van der Waals surface area contributed by atoms with E-state index in [0.29, 0.717) is 13.1 Å². The monoisotopic (exact) mass is 262 g/mol. The van der Waals surface area contributed by atoms with E-state index in [1.807, 2.05) is 25.3 Å². The van der Waals surface area contributed by atoms with Crippen LogP contribution in [-0.4, -0.2) is 4.98 Å². The van der Waals surface area contributed by atoms with Crippen LogP contribution in [0.25, 0.3) is 0 Å². The summed E-state index contributed by atoms with van der Waals surface area (Å²) in [4.78, 5) is 4.21. The van der Waals surface area contributed by atoms with Crippen molar-refractivity contribution in [3.05, 3.63) is 65.0 Å². The summed E-state index contributed by atoms with van der Waals surface area (Å²) in [7, 11) is 0. The van der Waals surface area contributed by atoms with Crippen molar-refractivity contribution in [1.29, 1.82) is 0 Å². The highest BCUT2D eigenvalue weighted by Gasteiger charge is 2.05. The predicted molar refractivity (Wildman–Crippen MR) is 70.9 cm³/mol. The van der Waals surface area contributed by atoms with Crippen molar-refractivity contribution < 1.29 is 8.78 Å². The fourth-order valence-corrected chi connectivity index (χ4v) is 1.74. The largest absolute Gasteiger partial charge is 0.309 e. The van der Waals surface area contributed by atoms with Crippen molar-refractivity contribution >= 4 is 0 Å². The van der Waals surface area contributed by atoms with Crippen LogP contribution in [0.1, 0.15) is 28.8 Å². The van der Waals surface area contributed by atoms with Crippen molar-refractivity contribution in [2.45, 2.75) is 26.4 Å². The third-order valence-electron chi connectivity index (χ3n) is 2.86. The number of benzene rings is 1. The minimum Gasteiger partial charge on any atom is -0.309 e. The predicted octanol–water partition coefficient (Wildman–Crippen LogP) is 3.62. The molecular formula is C15H16F2N2. The van der Waals surface area contributed by atoms with Crippen LogP contribution in [0.2, 0.25) is 0 Å². The van der Waals surface area contributed by atoms with Gasteiger partial charge in [-0.05, 0) is 24.1 Å². The zero-order chi connectivity index (χ0) is 13.7. The first-order valence-electron chi connectivity index (χ1n) is 6.14. The van der Waals surface area contributed by atoms with E-state index >= 15 is 0 Å². The summed E-state index contributed by atoms with van der Waals surface area (Å²) in [5.41, 5.74) is 3.15. The van der Waals surface area contributed by atoms with Gasteiger partial charge in [0.1, 0.15) is 0 Å². The van der Waals surface area contributed by atoms with Crippen LogP contribution in [0.4, 0.5) is 8.78 Å². The van der Waals surface area contributed by atoms with E-state index in [9.17, 15) is 8.78 Å². The van der Waals surface area contributed by atoms with Crippen LogP contribution in [0, 0.1) is 6.92 Å². The molecule has 0 spiro atoms. The molecule has 100 valence electrons. The lowest BCUT2D eigenvalue weighted by Crippen LogP contribution is -2.12. The van der Waals surface area contributed by atoms with Crippen LogP contribution in [-0.2, 0) is 13.1 Å². The number of rotatable bonds is 5. The SMILES string of the molecule is Cc1ccc(CNCc2ccc(C(F)F)cc2)cn1. The first kappa shape index (κ1) is 13.6. The Morgan fingerprint density at radius 1 is 1.00 bits per heavy atom. The maximum atomic E-state index is 12.4. The number of aromatic nitrogens is 1. The lowest BCUT2D eigenvalue weighted by atomic mass is 10.1. The van der Waals surface area contributed by atoms with Gasteiger partial charge in [-0.25, -0.2) is 8.78 Å². The van der Waals surface area contributed by atoms with Gasteiger partial charge in [-0.15, -0.1) is 0 Å². The van der Waals surface area contributed by atoms with Gasteiger partial charge in [-0.2, -0.15) is 0 Å². The van der Waals surface area contributed by atoms with E-state index in [2.05, 4.69) is 10.3 Å². The van der Waals surface area contributed by atoms with Gasteiger partial charge >= 0.3 is 0 Å². The Labute approximate surface area is 111 Å². The van der Waals surface area contributed by atoms with Crippen LogP contribution in [0.5, 0.6) is 0 Å². The van der Waals surface area contributed by atoms with Crippen molar-refractivity contribution in [3.63, 3.8) is 0 Å². The molecule has 2 nitrogen and oxygen atoms in total. The number of nitrogens with one attached hydrogen (secondary N) is 1. The molecule has 0 aliphatic heterocycles. The zero-order valence-corrected chi connectivity index (χ0v) is 10.7. The summed E-state index contributed by atoms with van der Waals surface area (Å²) in [6, 6.07) is 10.4. The summed E-state index contributed by atoms with van der Waals surface area (Å²) in [6.07, 6.45) is -0.567. The number of pyridine rings is 1. The highest BCUT2D eigenvalue weighted by Crippen LogP contribution is 2.18. The molecule has 0 aliphatic carbocycles. The molecule has 2 aromatic rings. The Morgan fingerprint density at radius 2 is 1.63 bits per heavy atom. The quantitative estimate of drug-likeness (QED) is 0.890. The minimum absolute atomic E-state index is 0.0616. The summed E-state index contributed by atoms with van der Waals surface area (Å²) in [5.74, 6) is 0. The van der Waals surface area contributed by atoms with Crippen LogP contribution in [0.3, 0.4) is 0 Å². The second-order valence-electron chi connectivity index (χ2n) is 4.45. The standard InChI is InChI=1S/C15H16F2N2/c1-11-2-3-13(10-19-11)9-18-8-12-4-6-14(7-5-12)15(16)17/h2-7,10,15,18H,8-9H2,1H3. The van der Waals surface area contributed by atoms with Gasteiger partial charge in [0.05, 0.1) is 0 Å². The maximum absolute atomic E-state index is 12.4. The fraction of sp³-hybridized carbons (Fsp3) is 0.267. The number of hydrogen-bond donors (Lipinski definition) is 1. The molecule has 0 bridgehead atoms. The lowest BCUT2D eigenvalue weighted by molar-refractivity contribution is 0.151. The smallest absolute Gasteiger partial charge is 0.263 e. The molecule has 0 unspecified atom stereocenters. The molecular weight excluding hydrogens is 246 g/mol. The molecule has 2 rings (SSSR count). The van der Waals surface area contributed by atoms with Gasteiger partial charge in [0.15, 0.2) is 0 Å². The third-order valence-corrected chi connectivity index (χ3v) is 2.86. The van der Waals surface area contributed by atoms with E-state index in [1.165, 1.54) is 12.1 Å². The first-order valence-corrected chi connectivity index (χ1v) is 6.14. The van der Waals surface area contributed by atoms with E-state index in [0.717, 1.165) is 16.8 Å². The van der Waals surface area contributed by atoms with Crippen molar-refractivity contribution in [2.75, 3.05) is 0 Å². The molecule has 0 saturated heterocycles. The Bertz CT molecular complexity index is 507. The van der Waals surface area contributed by atoms with Crippen LogP contribution in [0.15, 0.2) is 42.6 Å². The van der Waals surface area contributed by atoms with Crippen molar-refractivity contribution in [2.24, 2.45) is 0 Å². The highest BCUT2D eigenvalue weighted by molar-refractivity contribution is 5.23. The number of nitrogens with zero attached hydrogens (tertiary/aromatic N) is 1. The Kier molecular flexibility index (Phi) is 4.58. The molecule has 19 heavy (non-hydrogen) atoms. The second kappa shape index (κ2) is 6.38. The van der Waals surface area contributed by atoms with Crippen molar-refractivity contribution in [1.82, 2.24) is 10.3 Å². The Balaban J connectivity index is 1.83. The Morgan fingerprint density at radius 3 is 2.21 bits per heavy atom. The van der Waals surface area contributed by atoms with Gasteiger partial charge in [0.2, 0.25) is 0 Å². The van der Waals surface area contributed by atoms with Gasteiger partial charge < -0.3 is 5.32 Å². The number of aryl methyl sites for hydroxylation is 1. The second-order valence-corrected chi connectivity index (χ2v) is 4.45. The van der Waals surface area contributed by atoms with Gasteiger partial charge in [0.25, 0.3) is 6.43 Å². The number of halogens is 2. The molecule has 0 saturated carbocycles. The van der Waals surface area contributed by atoms with E-state index in [-0.39, 0.29) is 5.56 Å². The number of alkyl halides is 2. The first-order chi connectivity index (χ1) is 9.15. The molecule has 0 fully saturated rings. The highest BCUT2D eigenvalue weighted by atomic mass is 19.3. The topological polar surface area (TPSA) is 24.9 Å². The molecule has 1 N–H and O–H groups in total. The van der Waals surface area contributed by atoms with Gasteiger partial charge in [0, 0.05) is 30.5 Å². The molecule has 0 aliphatic rings. The average molecular weight is 262 g/mol. The number of hydrogen-bond acceptors (Lipinski definition) is 2. The summed E-state index contributed by atoms with van der Waals surface area (Å²) >= 11 is 0. The van der Waals surface area contributed by atoms with Crippen LogP contribution < -0.4 is 5.32 Å². The van der Waals surface area contributed by atoms with Crippen LogP contribution >= 0.6 is 0 Å². The molecule has 1 aromatic carbocycles. The van der Waals surface area contributed by atoms with Gasteiger partial charge in [-0.1, -0.05) is 30.3 Å². The summed E-state index contributed by atoms with van der Waals surface area (Å²) in [5, 5.41) is 3.26. The normalized spacial score (nSPS) is 10.9. The molecule has 0 amide bonds. The fourth-order valence-electron chi connectivity index (χ4n) is 1.74. The lowest BCUT2D eigenvalue weighted by Gasteiger charge is -2.06. The summed E-state index contributed by atoms with van der Waals surface area (Å²) in [6.45, 7) is 3.31. The molecule has 0 radical (unpaired) electrons. The minimum atomic E-state index is -2.40. The third kappa shape index (κ3) is 4.10. The Hall–Kier alpha value is -1.81. The van der Waals surface area contributed by atoms with E-state index in [4.69, 9.17) is 0 Å². The molecule has 4 heteroatoms. The maximum Gasteiger partial charge on any atom is 0.263 e. The van der Waals surface area contributed by atoms with E-state index < -0.39 is 6.43 Å². The average Bonchev–Trinajstić information content (AvgIpc) is 2.41.